The van der Waals surface area contributed by atoms with Crippen LogP contribution in [0.4, 0.5) is 0 Å². The summed E-state index contributed by atoms with van der Waals surface area (Å²) in [4.78, 5) is 21.7. The molecule has 1 N–H and O–H groups in total. The summed E-state index contributed by atoms with van der Waals surface area (Å²) in [5.74, 6) is 0.503. The first kappa shape index (κ1) is 13.7. The zero-order valence-electron chi connectivity index (χ0n) is 11.0. The molecule has 0 aliphatic carbocycles. The van der Waals surface area contributed by atoms with E-state index in [-0.39, 0.29) is 12.5 Å². The molecule has 0 aromatic carbocycles. The first-order chi connectivity index (χ1) is 9.01. The fourth-order valence-corrected chi connectivity index (χ4v) is 1.95. The number of hydrogen-bond acceptors (Lipinski definition) is 5. The number of nitrogens with one attached hydrogen (secondary N) is 1. The summed E-state index contributed by atoms with van der Waals surface area (Å²) in [5.41, 5.74) is 0.684. The summed E-state index contributed by atoms with van der Waals surface area (Å²) in [6.07, 6.45) is 1.63. The molecule has 0 atom stereocenters. The Morgan fingerprint density at radius 2 is 2.26 bits per heavy atom. The molecule has 2 aromatic rings. The summed E-state index contributed by atoms with van der Waals surface area (Å²) in [6, 6.07) is 0. The van der Waals surface area contributed by atoms with Gasteiger partial charge in [-0.2, -0.15) is 5.10 Å². The van der Waals surface area contributed by atoms with Crippen molar-refractivity contribution in [3.8, 4) is 0 Å². The van der Waals surface area contributed by atoms with Crippen LogP contribution in [0.25, 0.3) is 11.0 Å². The van der Waals surface area contributed by atoms with Gasteiger partial charge < -0.3 is 5.32 Å². The van der Waals surface area contributed by atoms with Crippen LogP contribution in [0.5, 0.6) is 0 Å². The Morgan fingerprint density at radius 3 is 2.95 bits per heavy atom. The molecule has 0 saturated carbocycles. The van der Waals surface area contributed by atoms with Gasteiger partial charge in [0.2, 0.25) is 5.91 Å². The summed E-state index contributed by atoms with van der Waals surface area (Å²) in [7, 11) is 5.22. The van der Waals surface area contributed by atoms with Crippen molar-refractivity contribution >= 4 is 28.5 Å². The van der Waals surface area contributed by atoms with Gasteiger partial charge in [0.05, 0.1) is 24.7 Å². The predicted octanol–water partition coefficient (Wildman–Crippen LogP) is 0.194. The van der Waals surface area contributed by atoms with Crippen LogP contribution in [0.1, 0.15) is 5.82 Å². The van der Waals surface area contributed by atoms with Crippen LogP contribution in [-0.4, -0.2) is 51.2 Å². The van der Waals surface area contributed by atoms with E-state index < -0.39 is 0 Å². The number of aryl methyl sites for hydroxylation is 1. The number of aromatic nitrogens is 4. The topological polar surface area (TPSA) is 75.9 Å². The van der Waals surface area contributed by atoms with Crippen LogP contribution in [0.15, 0.2) is 6.20 Å². The minimum atomic E-state index is -0.0600. The largest absolute Gasteiger partial charge is 0.358 e. The third-order valence-electron chi connectivity index (χ3n) is 2.70. The number of carbonyl (C=O) groups is 1. The first-order valence-corrected chi connectivity index (χ1v) is 6.12. The van der Waals surface area contributed by atoms with Crippen LogP contribution in [0.2, 0.25) is 5.15 Å². The molecule has 0 spiro atoms. The molecule has 0 aliphatic rings. The van der Waals surface area contributed by atoms with Crippen molar-refractivity contribution in [1.29, 1.82) is 0 Å². The maximum absolute atomic E-state index is 11.3. The normalized spacial score (nSPS) is 11.2. The average Bonchev–Trinajstić information content (AvgIpc) is 2.71. The van der Waals surface area contributed by atoms with Crippen molar-refractivity contribution in [3.63, 3.8) is 0 Å². The molecule has 2 rings (SSSR count). The van der Waals surface area contributed by atoms with Gasteiger partial charge in [-0.15, -0.1) is 0 Å². The Hall–Kier alpha value is -1.73. The highest BCUT2D eigenvalue weighted by Gasteiger charge is 2.12. The molecule has 0 unspecified atom stereocenters. The van der Waals surface area contributed by atoms with E-state index in [1.807, 2.05) is 11.9 Å². The van der Waals surface area contributed by atoms with Gasteiger partial charge in [-0.1, -0.05) is 11.6 Å². The summed E-state index contributed by atoms with van der Waals surface area (Å²) < 4.78 is 1.64. The minimum Gasteiger partial charge on any atom is -0.358 e. The van der Waals surface area contributed by atoms with Gasteiger partial charge >= 0.3 is 0 Å². The molecule has 7 nitrogen and oxygen atoms in total. The molecule has 0 aliphatic heterocycles. The third-order valence-corrected chi connectivity index (χ3v) is 2.98. The second kappa shape index (κ2) is 5.50. The van der Waals surface area contributed by atoms with Crippen molar-refractivity contribution in [2.75, 3.05) is 20.6 Å². The smallest absolute Gasteiger partial charge is 0.233 e. The van der Waals surface area contributed by atoms with E-state index in [0.717, 1.165) is 5.39 Å². The SMILES string of the molecule is CNC(=O)CN(C)Cc1nc(Cl)c2cnn(C)c2n1. The lowest BCUT2D eigenvalue weighted by molar-refractivity contribution is -0.121. The molecule has 2 heterocycles. The van der Waals surface area contributed by atoms with Crippen molar-refractivity contribution in [3.05, 3.63) is 17.2 Å². The van der Waals surface area contributed by atoms with Gasteiger partial charge in [-0.3, -0.25) is 14.4 Å². The third kappa shape index (κ3) is 2.99. The highest BCUT2D eigenvalue weighted by molar-refractivity contribution is 6.33. The lowest BCUT2D eigenvalue weighted by Gasteiger charge is -2.14. The number of rotatable bonds is 4. The molecule has 0 radical (unpaired) electrons. The standard InChI is InChI=1S/C11H15ClN6O/c1-13-9(19)6-17(2)5-8-15-10(12)7-4-14-18(3)11(7)16-8/h4H,5-6H2,1-3H3,(H,13,19). The maximum atomic E-state index is 11.3. The molecule has 0 fully saturated rings. The van der Waals surface area contributed by atoms with E-state index in [1.165, 1.54) is 0 Å². The van der Waals surface area contributed by atoms with E-state index in [2.05, 4.69) is 20.4 Å². The van der Waals surface area contributed by atoms with Gasteiger partial charge in [0.1, 0.15) is 11.0 Å². The molecule has 1 amide bonds. The summed E-state index contributed by atoms with van der Waals surface area (Å²) in [5, 5.41) is 7.76. The summed E-state index contributed by atoms with van der Waals surface area (Å²) in [6.45, 7) is 0.717. The maximum Gasteiger partial charge on any atom is 0.233 e. The Morgan fingerprint density at radius 1 is 1.53 bits per heavy atom. The second-order valence-corrected chi connectivity index (χ2v) is 4.64. The van der Waals surface area contributed by atoms with Crippen LogP contribution in [0, 0.1) is 0 Å². The highest BCUT2D eigenvalue weighted by atomic mass is 35.5. The van der Waals surface area contributed by atoms with Crippen LogP contribution < -0.4 is 5.32 Å². The Kier molecular flexibility index (Phi) is 3.96. The van der Waals surface area contributed by atoms with Crippen molar-refractivity contribution in [2.45, 2.75) is 6.54 Å². The Bertz CT molecular complexity index is 610. The van der Waals surface area contributed by atoms with E-state index in [9.17, 15) is 4.79 Å². The molecule has 2 aromatic heterocycles. The highest BCUT2D eigenvalue weighted by Crippen LogP contribution is 2.19. The average molecular weight is 283 g/mol. The van der Waals surface area contributed by atoms with Crippen LogP contribution in [-0.2, 0) is 18.4 Å². The zero-order valence-corrected chi connectivity index (χ0v) is 11.8. The monoisotopic (exact) mass is 282 g/mol. The van der Waals surface area contributed by atoms with E-state index in [0.29, 0.717) is 23.2 Å². The van der Waals surface area contributed by atoms with E-state index >= 15 is 0 Å². The van der Waals surface area contributed by atoms with Gasteiger partial charge in [0.25, 0.3) is 0 Å². The van der Waals surface area contributed by atoms with E-state index in [4.69, 9.17) is 11.6 Å². The fraction of sp³-hybridized carbons (Fsp3) is 0.455. The summed E-state index contributed by atoms with van der Waals surface area (Å²) >= 11 is 6.09. The Balaban J connectivity index is 2.21. The van der Waals surface area contributed by atoms with Crippen molar-refractivity contribution in [1.82, 2.24) is 30.0 Å². The van der Waals surface area contributed by atoms with Crippen LogP contribution in [0.3, 0.4) is 0 Å². The molecule has 0 bridgehead atoms. The lowest BCUT2D eigenvalue weighted by Crippen LogP contribution is -2.33. The number of fused-ring (bicyclic) bond motifs is 1. The number of amides is 1. The zero-order chi connectivity index (χ0) is 14.0. The molecule has 102 valence electrons. The number of halogens is 1. The molecular formula is C11H15ClN6O. The molecule has 8 heteroatoms. The fourth-order valence-electron chi connectivity index (χ4n) is 1.72. The number of nitrogens with zero attached hydrogens (tertiary/aromatic N) is 5. The van der Waals surface area contributed by atoms with Crippen LogP contribution >= 0.6 is 11.6 Å². The quantitative estimate of drug-likeness (QED) is 0.811. The number of likely N-dealkylation sites (N-methyl/N-ethyl adjacent to an activating group) is 2. The van der Waals surface area contributed by atoms with E-state index in [1.54, 1.807) is 25.0 Å². The van der Waals surface area contributed by atoms with Crippen molar-refractivity contribution in [2.24, 2.45) is 7.05 Å². The number of carbonyl (C=O) groups excluding carboxylic acids is 1. The Labute approximate surface area is 115 Å². The molecule has 19 heavy (non-hydrogen) atoms. The van der Waals surface area contributed by atoms with Gasteiger partial charge in [0.15, 0.2) is 5.65 Å². The van der Waals surface area contributed by atoms with Gasteiger partial charge in [-0.25, -0.2) is 9.97 Å². The molecular weight excluding hydrogens is 268 g/mol. The lowest BCUT2D eigenvalue weighted by atomic mass is 10.4. The van der Waals surface area contributed by atoms with Gasteiger partial charge in [-0.05, 0) is 7.05 Å². The van der Waals surface area contributed by atoms with Gasteiger partial charge in [0, 0.05) is 14.1 Å². The minimum absolute atomic E-state index is 0.0600. The molecule has 0 saturated heterocycles. The second-order valence-electron chi connectivity index (χ2n) is 4.28. The first-order valence-electron chi connectivity index (χ1n) is 5.74. The van der Waals surface area contributed by atoms with Crippen molar-refractivity contribution < 1.29 is 4.79 Å². The number of hydrogen-bond donors (Lipinski definition) is 1. The predicted molar refractivity (Wildman–Crippen MR) is 71.7 cm³/mol.